The molecule has 2 aromatic carbocycles. The second kappa shape index (κ2) is 9.76. The zero-order chi connectivity index (χ0) is 22.4. The number of nitro groups is 1. The summed E-state index contributed by atoms with van der Waals surface area (Å²) in [6, 6.07) is 8.99. The van der Waals surface area contributed by atoms with E-state index in [0.29, 0.717) is 5.56 Å². The Hall–Kier alpha value is -3.16. The van der Waals surface area contributed by atoms with Gasteiger partial charge in [-0.1, -0.05) is 0 Å². The summed E-state index contributed by atoms with van der Waals surface area (Å²) in [6.07, 6.45) is 1.33. The molecule has 0 atom stereocenters. The van der Waals surface area contributed by atoms with Crippen LogP contribution in [0.1, 0.15) is 5.56 Å². The average Bonchev–Trinajstić information content (AvgIpc) is 2.75. The average molecular weight is 456 g/mol. The number of anilines is 1. The molecule has 0 radical (unpaired) electrons. The van der Waals surface area contributed by atoms with Crippen LogP contribution >= 0.6 is 0 Å². The molecule has 0 unspecified atom stereocenters. The number of nitrogens with zero attached hydrogens (tertiary/aromatic N) is 3. The third-order valence-electron chi connectivity index (χ3n) is 4.27. The smallest absolute Gasteiger partial charge is 0.387 e. The Morgan fingerprint density at radius 3 is 2.48 bits per heavy atom. The summed E-state index contributed by atoms with van der Waals surface area (Å²) in [6.45, 7) is -2.24. The van der Waals surface area contributed by atoms with E-state index < -0.39 is 21.6 Å². The molecule has 0 saturated carbocycles. The summed E-state index contributed by atoms with van der Waals surface area (Å²) >= 11 is 0. The molecule has 166 valence electrons. The van der Waals surface area contributed by atoms with Gasteiger partial charge in [0.1, 0.15) is 10.6 Å². The molecule has 1 aliphatic rings. The van der Waals surface area contributed by atoms with Crippen molar-refractivity contribution >= 4 is 27.6 Å². The van der Waals surface area contributed by atoms with Crippen LogP contribution in [0.2, 0.25) is 0 Å². The van der Waals surface area contributed by atoms with E-state index >= 15 is 0 Å². The van der Waals surface area contributed by atoms with Gasteiger partial charge >= 0.3 is 6.61 Å². The van der Waals surface area contributed by atoms with Gasteiger partial charge in [0.15, 0.2) is 0 Å². The van der Waals surface area contributed by atoms with Crippen molar-refractivity contribution < 1.29 is 31.6 Å². The first kappa shape index (κ1) is 22.5. The zero-order valence-corrected chi connectivity index (χ0v) is 16.8. The number of nitrogens with one attached hydrogen (secondary N) is 1. The van der Waals surface area contributed by atoms with Crippen molar-refractivity contribution in [3.63, 3.8) is 0 Å². The maximum atomic E-state index is 13.0. The van der Waals surface area contributed by atoms with Gasteiger partial charge < -0.3 is 9.47 Å². The summed E-state index contributed by atoms with van der Waals surface area (Å²) in [5, 5.41) is 15.1. The molecule has 0 aliphatic carbocycles. The third-order valence-corrected chi connectivity index (χ3v) is 6.21. The van der Waals surface area contributed by atoms with Crippen molar-refractivity contribution in [2.75, 3.05) is 31.7 Å². The molecule has 1 saturated heterocycles. The standard InChI is InChI=1S/C18H18F2N4O6S/c19-18(20)30-15-4-1-13(2-5-15)12-21-22-16-6-3-14(24(25)26)11-17(16)31(27,28)23-7-9-29-10-8-23/h1-6,11-12,18,22H,7-10H2/b21-12+. The summed E-state index contributed by atoms with van der Waals surface area (Å²) in [4.78, 5) is 10.2. The number of morpholine rings is 1. The third kappa shape index (κ3) is 5.71. The number of rotatable bonds is 8. The van der Waals surface area contributed by atoms with Crippen LogP contribution in [0, 0.1) is 10.1 Å². The van der Waals surface area contributed by atoms with Crippen LogP contribution in [-0.2, 0) is 14.8 Å². The summed E-state index contributed by atoms with van der Waals surface area (Å²) < 4.78 is 61.0. The molecule has 1 N–H and O–H groups in total. The fourth-order valence-corrected chi connectivity index (χ4v) is 4.34. The molecule has 2 aromatic rings. The van der Waals surface area contributed by atoms with Crippen molar-refractivity contribution in [3.8, 4) is 5.75 Å². The molecule has 1 fully saturated rings. The number of nitro benzene ring substituents is 1. The van der Waals surface area contributed by atoms with Gasteiger partial charge in [0.05, 0.1) is 30.0 Å². The number of hydrogen-bond acceptors (Lipinski definition) is 8. The van der Waals surface area contributed by atoms with Crippen molar-refractivity contribution in [3.05, 3.63) is 58.1 Å². The first-order valence-electron chi connectivity index (χ1n) is 8.97. The quantitative estimate of drug-likeness (QED) is 0.368. The van der Waals surface area contributed by atoms with Crippen LogP contribution in [0.25, 0.3) is 0 Å². The Morgan fingerprint density at radius 2 is 1.87 bits per heavy atom. The number of alkyl halides is 2. The van der Waals surface area contributed by atoms with E-state index in [0.717, 1.165) is 12.1 Å². The molecule has 0 bridgehead atoms. The Labute approximate surface area is 176 Å². The Balaban J connectivity index is 1.83. The molecule has 31 heavy (non-hydrogen) atoms. The van der Waals surface area contributed by atoms with Crippen LogP contribution in [0.3, 0.4) is 0 Å². The van der Waals surface area contributed by atoms with Crippen LogP contribution in [0.15, 0.2) is 52.5 Å². The predicted octanol–water partition coefficient (Wildman–Crippen LogP) is 2.66. The maximum Gasteiger partial charge on any atom is 0.387 e. The highest BCUT2D eigenvalue weighted by molar-refractivity contribution is 7.89. The van der Waals surface area contributed by atoms with Gasteiger partial charge in [0.2, 0.25) is 10.0 Å². The number of benzene rings is 2. The highest BCUT2D eigenvalue weighted by Crippen LogP contribution is 2.29. The molecule has 13 heteroatoms. The lowest BCUT2D eigenvalue weighted by molar-refractivity contribution is -0.385. The summed E-state index contributed by atoms with van der Waals surface area (Å²) in [5.41, 5.74) is 2.77. The lowest BCUT2D eigenvalue weighted by Crippen LogP contribution is -2.40. The lowest BCUT2D eigenvalue weighted by atomic mass is 10.2. The molecule has 0 amide bonds. The SMILES string of the molecule is O=[N+]([O-])c1ccc(N/N=C/c2ccc(OC(F)F)cc2)c(S(=O)(=O)N2CCOCC2)c1. The van der Waals surface area contributed by atoms with Gasteiger partial charge in [-0.3, -0.25) is 15.5 Å². The fourth-order valence-electron chi connectivity index (χ4n) is 2.77. The van der Waals surface area contributed by atoms with Crippen molar-refractivity contribution in [1.29, 1.82) is 0 Å². The molecule has 1 aliphatic heterocycles. The van der Waals surface area contributed by atoms with E-state index in [-0.39, 0.29) is 48.3 Å². The van der Waals surface area contributed by atoms with E-state index in [1.807, 2.05) is 0 Å². The van der Waals surface area contributed by atoms with E-state index in [9.17, 15) is 27.3 Å². The van der Waals surface area contributed by atoms with E-state index in [1.165, 1.54) is 40.9 Å². The van der Waals surface area contributed by atoms with Gasteiger partial charge in [-0.25, -0.2) is 8.42 Å². The Morgan fingerprint density at radius 1 is 1.19 bits per heavy atom. The highest BCUT2D eigenvalue weighted by Gasteiger charge is 2.30. The minimum absolute atomic E-state index is 0.0191. The number of hydrogen-bond donors (Lipinski definition) is 1. The molecule has 0 aromatic heterocycles. The molecule has 10 nitrogen and oxygen atoms in total. The topological polar surface area (TPSA) is 123 Å². The second-order valence-corrected chi connectivity index (χ2v) is 8.18. The first-order chi connectivity index (χ1) is 14.8. The van der Waals surface area contributed by atoms with Crippen molar-refractivity contribution in [1.82, 2.24) is 4.31 Å². The van der Waals surface area contributed by atoms with Crippen molar-refractivity contribution in [2.24, 2.45) is 5.10 Å². The van der Waals surface area contributed by atoms with Gasteiger partial charge in [-0.05, 0) is 35.9 Å². The molecular weight excluding hydrogens is 438 g/mol. The fraction of sp³-hybridized carbons (Fsp3) is 0.278. The van der Waals surface area contributed by atoms with Gasteiger partial charge in [0.25, 0.3) is 5.69 Å². The lowest BCUT2D eigenvalue weighted by Gasteiger charge is -2.26. The van der Waals surface area contributed by atoms with Crippen LogP contribution in [0.4, 0.5) is 20.2 Å². The van der Waals surface area contributed by atoms with Crippen LogP contribution in [0.5, 0.6) is 5.75 Å². The monoisotopic (exact) mass is 456 g/mol. The highest BCUT2D eigenvalue weighted by atomic mass is 32.2. The maximum absolute atomic E-state index is 13.0. The second-order valence-electron chi connectivity index (χ2n) is 6.27. The van der Waals surface area contributed by atoms with Crippen molar-refractivity contribution in [2.45, 2.75) is 11.5 Å². The first-order valence-corrected chi connectivity index (χ1v) is 10.4. The molecule has 3 rings (SSSR count). The Bertz CT molecular complexity index is 1060. The molecule has 0 spiro atoms. The number of non-ortho nitro benzene ring substituents is 1. The minimum Gasteiger partial charge on any atom is -0.435 e. The number of sulfonamides is 1. The largest absolute Gasteiger partial charge is 0.435 e. The number of ether oxygens (including phenoxy) is 2. The van der Waals surface area contributed by atoms with E-state index in [2.05, 4.69) is 15.3 Å². The number of halogens is 2. The van der Waals surface area contributed by atoms with Crippen LogP contribution < -0.4 is 10.2 Å². The van der Waals surface area contributed by atoms with E-state index in [4.69, 9.17) is 4.74 Å². The van der Waals surface area contributed by atoms with Gasteiger partial charge in [-0.15, -0.1) is 0 Å². The van der Waals surface area contributed by atoms with Crippen LogP contribution in [-0.4, -0.2) is 56.8 Å². The number of hydrazone groups is 1. The predicted molar refractivity (Wildman–Crippen MR) is 107 cm³/mol. The van der Waals surface area contributed by atoms with Gasteiger partial charge in [0, 0.05) is 25.2 Å². The minimum atomic E-state index is -4.04. The Kier molecular flexibility index (Phi) is 7.09. The van der Waals surface area contributed by atoms with E-state index in [1.54, 1.807) is 0 Å². The summed E-state index contributed by atoms with van der Waals surface area (Å²) in [5.74, 6) is -0.0191. The van der Waals surface area contributed by atoms with Gasteiger partial charge in [-0.2, -0.15) is 18.2 Å². The normalized spacial score (nSPS) is 15.3. The molecule has 1 heterocycles. The summed E-state index contributed by atoms with van der Waals surface area (Å²) in [7, 11) is -4.04. The molecular formula is C18H18F2N4O6S. The zero-order valence-electron chi connectivity index (χ0n) is 16.0.